The van der Waals surface area contributed by atoms with Gasteiger partial charge in [0.15, 0.2) is 5.65 Å². The van der Waals surface area contributed by atoms with E-state index in [0.717, 1.165) is 77.4 Å². The third-order valence-corrected chi connectivity index (χ3v) is 8.37. The Labute approximate surface area is 231 Å². The number of amides is 2. The highest BCUT2D eigenvalue weighted by atomic mass is 32.1. The fourth-order valence-corrected chi connectivity index (χ4v) is 6.32. The number of urea groups is 1. The molecule has 0 saturated carbocycles. The van der Waals surface area contributed by atoms with Crippen molar-refractivity contribution in [3.8, 4) is 22.1 Å². The Bertz CT molecular complexity index is 1540. The van der Waals surface area contributed by atoms with Crippen LogP contribution in [0.5, 0.6) is 11.5 Å². The van der Waals surface area contributed by atoms with Crippen LogP contribution < -0.4 is 10.1 Å². The van der Waals surface area contributed by atoms with Gasteiger partial charge in [0.25, 0.3) is 0 Å². The molecule has 6 rings (SSSR count). The molecule has 0 spiro atoms. The minimum Gasteiger partial charge on any atom is -0.456 e. The van der Waals surface area contributed by atoms with E-state index in [1.54, 1.807) is 17.5 Å². The molecule has 200 valence electrons. The number of aromatic nitrogens is 4. The zero-order valence-electron chi connectivity index (χ0n) is 22.0. The Morgan fingerprint density at radius 2 is 2.05 bits per heavy atom. The molecule has 9 heteroatoms. The standard InChI is InChI=1S/C30H32N6O2S/c1-2-31-30(37)36-18-6-8-20(19-36)7-5-10-24-27-25(16-17-32-28(27)35-34-24)38-22-14-12-21(13-15-22)29-33-23-9-3-4-11-26(23)39-29/h3-4,9,11-17,20H,2,5-8,10,18-19H2,1H3,(H,31,37)(H,32,34,35)/t20-/m1/s1. The quantitative estimate of drug-likeness (QED) is 0.226. The molecule has 0 unspecified atom stereocenters. The Morgan fingerprint density at radius 1 is 1.18 bits per heavy atom. The van der Waals surface area contributed by atoms with Crippen LogP contribution in [0.3, 0.4) is 0 Å². The minimum absolute atomic E-state index is 0.0581. The Morgan fingerprint density at radius 3 is 2.90 bits per heavy atom. The smallest absolute Gasteiger partial charge is 0.317 e. The van der Waals surface area contributed by atoms with E-state index in [0.29, 0.717) is 18.1 Å². The van der Waals surface area contributed by atoms with E-state index in [9.17, 15) is 4.79 Å². The summed E-state index contributed by atoms with van der Waals surface area (Å²) in [6.45, 7) is 4.30. The summed E-state index contributed by atoms with van der Waals surface area (Å²) in [6.07, 6.45) is 6.90. The van der Waals surface area contributed by atoms with E-state index < -0.39 is 0 Å². The zero-order valence-corrected chi connectivity index (χ0v) is 22.8. The first-order chi connectivity index (χ1) is 19.2. The maximum absolute atomic E-state index is 12.2. The SMILES string of the molecule is CCNC(=O)N1CCC[C@@H](CCCc2[nH]nc3nccc(Oc4ccc(-c5nc6ccccc6s5)cc4)c23)C1. The third kappa shape index (κ3) is 5.59. The lowest BCUT2D eigenvalue weighted by Crippen LogP contribution is -2.45. The van der Waals surface area contributed by atoms with E-state index in [2.05, 4.69) is 38.7 Å². The van der Waals surface area contributed by atoms with Crippen molar-refractivity contribution in [2.75, 3.05) is 19.6 Å². The number of piperidine rings is 1. The minimum atomic E-state index is 0.0581. The van der Waals surface area contributed by atoms with Crippen LogP contribution in [-0.4, -0.2) is 50.7 Å². The van der Waals surface area contributed by atoms with Gasteiger partial charge < -0.3 is 15.0 Å². The number of fused-ring (bicyclic) bond motifs is 2. The fourth-order valence-electron chi connectivity index (χ4n) is 5.35. The molecule has 1 saturated heterocycles. The summed E-state index contributed by atoms with van der Waals surface area (Å²) < 4.78 is 7.51. The summed E-state index contributed by atoms with van der Waals surface area (Å²) in [6, 6.07) is 18.2. The van der Waals surface area contributed by atoms with Crippen molar-refractivity contribution >= 4 is 38.6 Å². The number of benzene rings is 2. The van der Waals surface area contributed by atoms with Gasteiger partial charge in [-0.1, -0.05) is 12.1 Å². The average Bonchev–Trinajstić information content (AvgIpc) is 3.59. The molecule has 4 heterocycles. The van der Waals surface area contributed by atoms with Gasteiger partial charge in [0, 0.05) is 37.1 Å². The van der Waals surface area contributed by atoms with E-state index in [-0.39, 0.29) is 6.03 Å². The first-order valence-electron chi connectivity index (χ1n) is 13.7. The van der Waals surface area contributed by atoms with E-state index >= 15 is 0 Å². The van der Waals surface area contributed by atoms with Crippen LogP contribution >= 0.6 is 11.3 Å². The molecule has 8 nitrogen and oxygen atoms in total. The normalized spacial score (nSPS) is 15.6. The van der Waals surface area contributed by atoms with Crippen molar-refractivity contribution in [1.29, 1.82) is 0 Å². The number of pyridine rings is 1. The molecule has 2 aromatic carbocycles. The van der Waals surface area contributed by atoms with E-state index in [4.69, 9.17) is 9.72 Å². The number of carbonyl (C=O) groups is 1. The summed E-state index contributed by atoms with van der Waals surface area (Å²) in [7, 11) is 0. The Kier molecular flexibility index (Phi) is 7.40. The van der Waals surface area contributed by atoms with Crippen LogP contribution in [0.2, 0.25) is 0 Å². The number of nitrogens with zero attached hydrogens (tertiary/aromatic N) is 4. The second-order valence-electron chi connectivity index (χ2n) is 10.0. The number of rotatable bonds is 8. The number of aryl methyl sites for hydroxylation is 1. The number of carbonyl (C=O) groups excluding carboxylic acids is 1. The van der Waals surface area contributed by atoms with Crippen molar-refractivity contribution in [2.45, 2.75) is 39.0 Å². The van der Waals surface area contributed by atoms with Crippen molar-refractivity contribution in [2.24, 2.45) is 5.92 Å². The van der Waals surface area contributed by atoms with Crippen molar-refractivity contribution in [3.63, 3.8) is 0 Å². The van der Waals surface area contributed by atoms with Gasteiger partial charge in [-0.25, -0.2) is 14.8 Å². The molecule has 2 amide bonds. The average molecular weight is 541 g/mol. The Balaban J connectivity index is 1.12. The largest absolute Gasteiger partial charge is 0.456 e. The van der Waals surface area contributed by atoms with Gasteiger partial charge in [0.2, 0.25) is 0 Å². The lowest BCUT2D eigenvalue weighted by atomic mass is 9.92. The second-order valence-corrected chi connectivity index (χ2v) is 11.0. The van der Waals surface area contributed by atoms with Crippen LogP contribution in [0.25, 0.3) is 31.8 Å². The highest BCUT2D eigenvalue weighted by molar-refractivity contribution is 7.21. The van der Waals surface area contributed by atoms with Gasteiger partial charge in [-0.05, 0) is 87.4 Å². The highest BCUT2D eigenvalue weighted by Crippen LogP contribution is 2.34. The summed E-state index contributed by atoms with van der Waals surface area (Å²) in [5.41, 5.74) is 3.79. The molecule has 0 bridgehead atoms. The lowest BCUT2D eigenvalue weighted by Gasteiger charge is -2.32. The molecular weight excluding hydrogens is 508 g/mol. The van der Waals surface area contributed by atoms with Crippen LogP contribution in [0, 0.1) is 5.92 Å². The summed E-state index contributed by atoms with van der Waals surface area (Å²) in [5, 5.41) is 12.5. The summed E-state index contributed by atoms with van der Waals surface area (Å²) in [5.74, 6) is 2.03. The van der Waals surface area contributed by atoms with E-state index in [1.807, 2.05) is 48.2 Å². The lowest BCUT2D eigenvalue weighted by molar-refractivity contribution is 0.162. The van der Waals surface area contributed by atoms with Crippen molar-refractivity contribution in [3.05, 3.63) is 66.5 Å². The molecule has 1 aliphatic heterocycles. The number of hydrogen-bond acceptors (Lipinski definition) is 6. The molecule has 1 fully saturated rings. The first-order valence-corrected chi connectivity index (χ1v) is 14.5. The van der Waals surface area contributed by atoms with Crippen LogP contribution in [0.15, 0.2) is 60.8 Å². The topological polar surface area (TPSA) is 96.0 Å². The molecule has 0 radical (unpaired) electrons. The predicted molar refractivity (Wildman–Crippen MR) is 155 cm³/mol. The highest BCUT2D eigenvalue weighted by Gasteiger charge is 2.23. The maximum atomic E-state index is 12.2. The zero-order chi connectivity index (χ0) is 26.6. The fraction of sp³-hybridized carbons (Fsp3) is 0.333. The third-order valence-electron chi connectivity index (χ3n) is 7.29. The van der Waals surface area contributed by atoms with Gasteiger partial charge in [0.1, 0.15) is 16.5 Å². The number of para-hydroxylation sites is 1. The number of thiazole rings is 1. The van der Waals surface area contributed by atoms with Crippen molar-refractivity contribution < 1.29 is 9.53 Å². The maximum Gasteiger partial charge on any atom is 0.317 e. The molecule has 5 aromatic rings. The van der Waals surface area contributed by atoms with Crippen LogP contribution in [-0.2, 0) is 6.42 Å². The molecule has 0 aliphatic carbocycles. The number of nitrogens with one attached hydrogen (secondary N) is 2. The molecule has 1 atom stereocenters. The van der Waals surface area contributed by atoms with Crippen LogP contribution in [0.1, 0.15) is 38.3 Å². The van der Waals surface area contributed by atoms with Gasteiger partial charge in [-0.3, -0.25) is 5.10 Å². The molecule has 39 heavy (non-hydrogen) atoms. The number of ether oxygens (including phenoxy) is 1. The van der Waals surface area contributed by atoms with Gasteiger partial charge in [0.05, 0.1) is 15.6 Å². The molecule has 2 N–H and O–H groups in total. The monoisotopic (exact) mass is 540 g/mol. The van der Waals surface area contributed by atoms with E-state index in [1.165, 1.54) is 11.1 Å². The summed E-state index contributed by atoms with van der Waals surface area (Å²) >= 11 is 1.69. The first kappa shape index (κ1) is 25.3. The number of H-pyrrole nitrogens is 1. The number of likely N-dealkylation sites (tertiary alicyclic amines) is 1. The van der Waals surface area contributed by atoms with Gasteiger partial charge in [-0.15, -0.1) is 11.3 Å². The Hall–Kier alpha value is -3.98. The molecule has 1 aliphatic rings. The van der Waals surface area contributed by atoms with Gasteiger partial charge in [-0.2, -0.15) is 5.10 Å². The van der Waals surface area contributed by atoms with Gasteiger partial charge >= 0.3 is 6.03 Å². The van der Waals surface area contributed by atoms with Crippen LogP contribution in [0.4, 0.5) is 4.79 Å². The van der Waals surface area contributed by atoms with Crippen molar-refractivity contribution in [1.82, 2.24) is 30.4 Å². The predicted octanol–water partition coefficient (Wildman–Crippen LogP) is 6.79. The summed E-state index contributed by atoms with van der Waals surface area (Å²) in [4.78, 5) is 23.4. The number of hydrogen-bond donors (Lipinski definition) is 2. The number of aromatic amines is 1. The molecular formula is C30H32N6O2S. The molecule has 3 aromatic heterocycles. The second kappa shape index (κ2) is 11.4.